The van der Waals surface area contributed by atoms with Gasteiger partial charge in [-0.15, -0.1) is 0 Å². The molecule has 8 heteroatoms. The van der Waals surface area contributed by atoms with E-state index in [1.807, 2.05) is 13.8 Å². The summed E-state index contributed by atoms with van der Waals surface area (Å²) in [4.78, 5) is 15.4. The molecular weight excluding hydrogens is 281 g/mol. The molecule has 1 rings (SSSR count). The highest BCUT2D eigenvalue weighted by Gasteiger charge is 2.50. The lowest BCUT2D eigenvalue weighted by molar-refractivity contribution is -0.248. The van der Waals surface area contributed by atoms with Gasteiger partial charge in [-0.1, -0.05) is 25.6 Å². The minimum absolute atomic E-state index is 0.00771. The van der Waals surface area contributed by atoms with Crippen LogP contribution in [0, 0.1) is 5.92 Å². The molecule has 0 aromatic carbocycles. The number of nitrogens with one attached hydrogen (secondary N) is 1. The predicted octanol–water partition coefficient (Wildman–Crippen LogP) is 1.93. The Morgan fingerprint density at radius 2 is 2.00 bits per heavy atom. The van der Waals surface area contributed by atoms with E-state index >= 15 is 0 Å². The minimum atomic E-state index is -4.76. The van der Waals surface area contributed by atoms with Crippen LogP contribution in [0.3, 0.4) is 0 Å². The summed E-state index contributed by atoms with van der Waals surface area (Å²) in [5.74, 6) is -0.272. The van der Waals surface area contributed by atoms with Crippen molar-refractivity contribution in [2.75, 3.05) is 6.54 Å². The number of hydrogen-bond donors (Lipinski definition) is 2. The summed E-state index contributed by atoms with van der Waals surface area (Å²) in [7, 11) is 0. The number of hydrogen-bond acceptors (Lipinski definition) is 4. The fourth-order valence-corrected chi connectivity index (χ4v) is 2.32. The Kier molecular flexibility index (Phi) is 4.26. The van der Waals surface area contributed by atoms with Crippen LogP contribution in [0.2, 0.25) is 0 Å². The number of amides is 1. The summed E-state index contributed by atoms with van der Waals surface area (Å²) in [6.45, 7) is 5.22. The molecule has 2 atom stereocenters. The van der Waals surface area contributed by atoms with Gasteiger partial charge in [0.25, 0.3) is 0 Å². The molecule has 0 aromatic rings. The van der Waals surface area contributed by atoms with E-state index in [0.29, 0.717) is 6.92 Å². The van der Waals surface area contributed by atoms with Crippen molar-refractivity contribution in [2.45, 2.75) is 44.2 Å². The molecule has 1 amide bonds. The molecule has 19 heavy (non-hydrogen) atoms. The van der Waals surface area contributed by atoms with E-state index in [0.717, 1.165) is 11.8 Å². The van der Waals surface area contributed by atoms with Gasteiger partial charge in [-0.3, -0.25) is 9.79 Å². The lowest BCUT2D eigenvalue weighted by Gasteiger charge is -2.24. The highest BCUT2D eigenvalue weighted by molar-refractivity contribution is 8.16. The molecule has 110 valence electrons. The highest BCUT2D eigenvalue weighted by atomic mass is 32.2. The fraction of sp³-hybridized carbons (Fsp3) is 0.818. The van der Waals surface area contributed by atoms with Gasteiger partial charge in [0.05, 0.1) is 6.54 Å². The molecule has 2 N–H and O–H groups in total. The first-order chi connectivity index (χ1) is 8.40. The van der Waals surface area contributed by atoms with Crippen LogP contribution in [0.5, 0.6) is 0 Å². The third-order valence-electron chi connectivity index (χ3n) is 3.22. The van der Waals surface area contributed by atoms with Crippen LogP contribution < -0.4 is 5.32 Å². The molecule has 1 unspecified atom stereocenters. The smallest absolute Gasteiger partial charge is 0.379 e. The molecule has 0 aromatic heterocycles. The van der Waals surface area contributed by atoms with Gasteiger partial charge in [0.15, 0.2) is 10.8 Å². The summed E-state index contributed by atoms with van der Waals surface area (Å²) >= 11 is 1.09. The average molecular weight is 298 g/mol. The molecular formula is C11H17F3N2O2S. The van der Waals surface area contributed by atoms with Crippen LogP contribution in [0.25, 0.3) is 0 Å². The molecule has 1 fully saturated rings. The van der Waals surface area contributed by atoms with E-state index in [2.05, 4.69) is 10.3 Å². The standard InChI is InChI=1S/C11H17F3N2O2S/c1-6(2)10(4)7(17)16-8(19-10)15-5-9(3,18)11(12,13)14/h6,18H,5H2,1-4H3,(H,15,16,17)/t9?,10-/m0/s1. The lowest BCUT2D eigenvalue weighted by atomic mass is 9.96. The molecule has 0 aliphatic carbocycles. The van der Waals surface area contributed by atoms with Crippen LogP contribution in [0.4, 0.5) is 13.2 Å². The van der Waals surface area contributed by atoms with Crippen molar-refractivity contribution < 1.29 is 23.1 Å². The topological polar surface area (TPSA) is 61.7 Å². The molecule has 1 saturated heterocycles. The van der Waals surface area contributed by atoms with Crippen LogP contribution in [0.1, 0.15) is 27.7 Å². The SMILES string of the molecule is CC(C)[C@]1(C)SC(=NCC(C)(O)C(F)(F)F)NC1=O. The summed E-state index contributed by atoms with van der Waals surface area (Å²) in [5.41, 5.74) is -2.90. The zero-order valence-corrected chi connectivity index (χ0v) is 11.9. The van der Waals surface area contributed by atoms with Crippen molar-refractivity contribution in [2.24, 2.45) is 10.9 Å². The van der Waals surface area contributed by atoms with Gasteiger partial charge in [0.2, 0.25) is 5.91 Å². The van der Waals surface area contributed by atoms with Gasteiger partial charge < -0.3 is 10.4 Å². The van der Waals surface area contributed by atoms with Gasteiger partial charge in [-0.25, -0.2) is 0 Å². The molecule has 1 heterocycles. The van der Waals surface area contributed by atoms with Crippen LogP contribution in [-0.2, 0) is 4.79 Å². The number of aliphatic hydroxyl groups is 1. The van der Waals surface area contributed by atoms with Crippen LogP contribution in [0.15, 0.2) is 4.99 Å². The van der Waals surface area contributed by atoms with E-state index in [1.54, 1.807) is 6.92 Å². The maximum atomic E-state index is 12.5. The predicted molar refractivity (Wildman–Crippen MR) is 68.0 cm³/mol. The zero-order valence-electron chi connectivity index (χ0n) is 11.1. The van der Waals surface area contributed by atoms with E-state index in [4.69, 9.17) is 0 Å². The third-order valence-corrected chi connectivity index (χ3v) is 4.73. The second-order valence-electron chi connectivity index (χ2n) is 5.21. The van der Waals surface area contributed by atoms with E-state index in [1.165, 1.54) is 0 Å². The number of carbonyl (C=O) groups excluding carboxylic acids is 1. The molecule has 1 aliphatic heterocycles. The quantitative estimate of drug-likeness (QED) is 0.837. The second-order valence-corrected chi connectivity index (χ2v) is 6.65. The number of carbonyl (C=O) groups is 1. The van der Waals surface area contributed by atoms with Gasteiger partial charge in [-0.05, 0) is 19.8 Å². The number of nitrogens with zero attached hydrogens (tertiary/aromatic N) is 1. The Morgan fingerprint density at radius 3 is 2.37 bits per heavy atom. The first-order valence-electron chi connectivity index (χ1n) is 5.74. The first kappa shape index (κ1) is 16.3. The Morgan fingerprint density at radius 1 is 1.47 bits per heavy atom. The van der Waals surface area contributed by atoms with E-state index in [9.17, 15) is 23.1 Å². The molecule has 0 spiro atoms. The van der Waals surface area contributed by atoms with Crippen molar-refractivity contribution in [1.82, 2.24) is 5.32 Å². The fourth-order valence-electron chi connectivity index (χ4n) is 1.26. The maximum Gasteiger partial charge on any atom is 0.418 e. The number of rotatable bonds is 3. The average Bonchev–Trinajstić information content (AvgIpc) is 2.52. The second kappa shape index (κ2) is 4.97. The molecule has 0 radical (unpaired) electrons. The first-order valence-corrected chi connectivity index (χ1v) is 6.56. The maximum absolute atomic E-state index is 12.5. The molecule has 0 bridgehead atoms. The number of halogens is 3. The summed E-state index contributed by atoms with van der Waals surface area (Å²) in [6, 6.07) is 0. The van der Waals surface area contributed by atoms with E-state index in [-0.39, 0.29) is 17.0 Å². The van der Waals surface area contributed by atoms with Crippen molar-refractivity contribution >= 4 is 22.8 Å². The van der Waals surface area contributed by atoms with Crippen molar-refractivity contribution in [1.29, 1.82) is 0 Å². The van der Waals surface area contributed by atoms with Crippen LogP contribution in [-0.4, -0.2) is 39.3 Å². The van der Waals surface area contributed by atoms with Crippen molar-refractivity contribution in [3.05, 3.63) is 0 Å². The van der Waals surface area contributed by atoms with Gasteiger partial charge >= 0.3 is 6.18 Å². The van der Waals surface area contributed by atoms with Gasteiger partial charge in [-0.2, -0.15) is 13.2 Å². The number of alkyl halides is 3. The highest BCUT2D eigenvalue weighted by Crippen LogP contribution is 2.38. The largest absolute Gasteiger partial charge is 0.418 e. The van der Waals surface area contributed by atoms with Crippen molar-refractivity contribution in [3.63, 3.8) is 0 Å². The Labute approximate surface area is 113 Å². The van der Waals surface area contributed by atoms with E-state index < -0.39 is 23.1 Å². The monoisotopic (exact) mass is 298 g/mol. The number of amidine groups is 1. The number of aliphatic imine (C=N–C) groups is 1. The lowest BCUT2D eigenvalue weighted by Crippen LogP contribution is -2.45. The third kappa shape index (κ3) is 3.22. The van der Waals surface area contributed by atoms with Crippen LogP contribution >= 0.6 is 11.8 Å². The van der Waals surface area contributed by atoms with Crippen molar-refractivity contribution in [3.8, 4) is 0 Å². The molecule has 0 saturated carbocycles. The Hall–Kier alpha value is -0.760. The summed E-state index contributed by atoms with van der Waals surface area (Å²) in [5, 5.41) is 11.8. The number of thioether (sulfide) groups is 1. The minimum Gasteiger partial charge on any atom is -0.379 e. The Bertz CT molecular complexity index is 407. The zero-order chi connectivity index (χ0) is 15.1. The molecule has 1 aliphatic rings. The Balaban J connectivity index is 2.81. The van der Waals surface area contributed by atoms with Gasteiger partial charge in [0.1, 0.15) is 4.75 Å². The molecule has 4 nitrogen and oxygen atoms in total. The summed E-state index contributed by atoms with van der Waals surface area (Å²) in [6.07, 6.45) is -4.76. The normalized spacial score (nSPS) is 29.7. The van der Waals surface area contributed by atoms with Gasteiger partial charge in [0, 0.05) is 0 Å². The summed E-state index contributed by atoms with van der Waals surface area (Å²) < 4.78 is 36.6.